The summed E-state index contributed by atoms with van der Waals surface area (Å²) in [6, 6.07) is -0.455. The van der Waals surface area contributed by atoms with Crippen LogP contribution in [0.25, 0.3) is 0 Å². The fourth-order valence-corrected chi connectivity index (χ4v) is 1.66. The van der Waals surface area contributed by atoms with Crippen LogP contribution in [0.3, 0.4) is 0 Å². The number of nitrogens with two attached hydrogens (primary N) is 1. The summed E-state index contributed by atoms with van der Waals surface area (Å²) < 4.78 is 10.4. The number of amides is 1. The first-order valence-electron chi connectivity index (χ1n) is 4.70. The van der Waals surface area contributed by atoms with E-state index in [0.29, 0.717) is 13.1 Å². The van der Waals surface area contributed by atoms with Crippen molar-refractivity contribution in [3.05, 3.63) is 0 Å². The van der Waals surface area contributed by atoms with Crippen LogP contribution >= 0.6 is 0 Å². The third-order valence-corrected chi connectivity index (χ3v) is 2.52. The normalized spacial score (nSPS) is 29.3. The molecule has 1 heterocycles. The van der Waals surface area contributed by atoms with Crippen LogP contribution < -0.4 is 5.73 Å². The van der Waals surface area contributed by atoms with Crippen LogP contribution in [0.5, 0.6) is 0 Å². The zero-order valence-electron chi connectivity index (χ0n) is 8.90. The van der Waals surface area contributed by atoms with Crippen LogP contribution in [0.2, 0.25) is 0 Å². The largest absolute Gasteiger partial charge is 0.377 e. The molecular weight excluding hydrogens is 184 g/mol. The monoisotopic (exact) mass is 202 g/mol. The van der Waals surface area contributed by atoms with E-state index in [1.54, 1.807) is 26.0 Å². The number of nitrogens with zero attached hydrogens (tertiary/aromatic N) is 1. The molecule has 0 aromatic heterocycles. The lowest BCUT2D eigenvalue weighted by Gasteiger charge is -2.17. The van der Waals surface area contributed by atoms with Crippen molar-refractivity contribution in [3.8, 4) is 0 Å². The molecule has 14 heavy (non-hydrogen) atoms. The molecule has 0 aromatic rings. The summed E-state index contributed by atoms with van der Waals surface area (Å²) in [5.74, 6) is -0.0494. The molecule has 0 spiro atoms. The van der Waals surface area contributed by atoms with E-state index in [9.17, 15) is 4.79 Å². The summed E-state index contributed by atoms with van der Waals surface area (Å²) in [6.45, 7) is 2.81. The summed E-state index contributed by atoms with van der Waals surface area (Å²) in [4.78, 5) is 13.2. The highest BCUT2D eigenvalue weighted by Crippen LogP contribution is 2.16. The van der Waals surface area contributed by atoms with E-state index in [0.717, 1.165) is 0 Å². The first-order chi connectivity index (χ1) is 6.60. The van der Waals surface area contributed by atoms with E-state index in [-0.39, 0.29) is 18.1 Å². The van der Waals surface area contributed by atoms with E-state index in [1.807, 2.05) is 0 Å². The molecule has 1 rings (SSSR count). The SMILES string of the molecule is CO[C@@H]1CN(C(=O)[C@H](C)N)C[C@H]1OC. The summed E-state index contributed by atoms with van der Waals surface area (Å²) in [7, 11) is 3.24. The third kappa shape index (κ3) is 2.23. The minimum atomic E-state index is -0.455. The Kier molecular flexibility index (Phi) is 3.86. The van der Waals surface area contributed by atoms with Gasteiger partial charge in [-0.15, -0.1) is 0 Å². The number of likely N-dealkylation sites (tertiary alicyclic amines) is 1. The Morgan fingerprint density at radius 3 is 2.07 bits per heavy atom. The van der Waals surface area contributed by atoms with Gasteiger partial charge in [-0.3, -0.25) is 4.79 Å². The second-order valence-corrected chi connectivity index (χ2v) is 3.58. The second-order valence-electron chi connectivity index (χ2n) is 3.58. The van der Waals surface area contributed by atoms with Crippen molar-refractivity contribution in [2.75, 3.05) is 27.3 Å². The minimum Gasteiger partial charge on any atom is -0.377 e. The molecule has 0 saturated carbocycles. The van der Waals surface area contributed by atoms with Crippen LogP contribution in [0, 0.1) is 0 Å². The molecule has 2 N–H and O–H groups in total. The smallest absolute Gasteiger partial charge is 0.239 e. The van der Waals surface area contributed by atoms with E-state index in [4.69, 9.17) is 15.2 Å². The van der Waals surface area contributed by atoms with E-state index in [1.165, 1.54) is 0 Å². The summed E-state index contributed by atoms with van der Waals surface area (Å²) in [5.41, 5.74) is 5.52. The van der Waals surface area contributed by atoms with Crippen molar-refractivity contribution in [2.24, 2.45) is 5.73 Å². The maximum Gasteiger partial charge on any atom is 0.239 e. The molecule has 5 nitrogen and oxygen atoms in total. The first-order valence-corrected chi connectivity index (χ1v) is 4.70. The van der Waals surface area contributed by atoms with E-state index in [2.05, 4.69) is 0 Å². The van der Waals surface area contributed by atoms with Crippen LogP contribution in [0.15, 0.2) is 0 Å². The highest BCUT2D eigenvalue weighted by Gasteiger charge is 2.36. The van der Waals surface area contributed by atoms with Gasteiger partial charge >= 0.3 is 0 Å². The van der Waals surface area contributed by atoms with Crippen LogP contribution in [-0.2, 0) is 14.3 Å². The second kappa shape index (κ2) is 4.72. The first kappa shape index (κ1) is 11.4. The van der Waals surface area contributed by atoms with Crippen LogP contribution in [0.1, 0.15) is 6.92 Å². The molecule has 5 heteroatoms. The van der Waals surface area contributed by atoms with Crippen molar-refractivity contribution >= 4 is 5.91 Å². The Labute approximate surface area is 84.1 Å². The van der Waals surface area contributed by atoms with Gasteiger partial charge in [0.05, 0.1) is 6.04 Å². The van der Waals surface area contributed by atoms with Crippen molar-refractivity contribution in [2.45, 2.75) is 25.2 Å². The molecule has 0 radical (unpaired) electrons. The van der Waals surface area contributed by atoms with Crippen LogP contribution in [0.4, 0.5) is 0 Å². The quantitative estimate of drug-likeness (QED) is 0.651. The average Bonchev–Trinajstić information content (AvgIpc) is 2.59. The number of methoxy groups -OCH3 is 2. The van der Waals surface area contributed by atoms with Gasteiger partial charge in [-0.05, 0) is 6.92 Å². The standard InChI is InChI=1S/C9H18N2O3/c1-6(10)9(12)11-4-7(13-2)8(5-11)14-3/h6-8H,4-5,10H2,1-3H3/t6-,7+,8+/m0/s1. The molecule has 1 fully saturated rings. The highest BCUT2D eigenvalue weighted by molar-refractivity contribution is 5.81. The summed E-state index contributed by atoms with van der Waals surface area (Å²) >= 11 is 0. The van der Waals surface area contributed by atoms with Crippen molar-refractivity contribution in [1.29, 1.82) is 0 Å². The Morgan fingerprint density at radius 2 is 1.79 bits per heavy atom. The van der Waals surface area contributed by atoms with Gasteiger partial charge in [-0.1, -0.05) is 0 Å². The Balaban J connectivity index is 2.57. The van der Waals surface area contributed by atoms with Crippen molar-refractivity contribution in [3.63, 3.8) is 0 Å². The Bertz CT molecular complexity index is 196. The van der Waals surface area contributed by atoms with E-state index >= 15 is 0 Å². The molecule has 1 aliphatic rings. The van der Waals surface area contributed by atoms with Crippen molar-refractivity contribution < 1.29 is 14.3 Å². The molecule has 0 aromatic carbocycles. The summed E-state index contributed by atoms with van der Waals surface area (Å²) in [6.07, 6.45) is -0.0783. The maximum atomic E-state index is 11.6. The molecule has 0 unspecified atom stereocenters. The number of ether oxygens (including phenoxy) is 2. The molecular formula is C9H18N2O3. The highest BCUT2D eigenvalue weighted by atomic mass is 16.5. The number of carbonyl (C=O) groups is 1. The Hall–Kier alpha value is -0.650. The topological polar surface area (TPSA) is 64.8 Å². The summed E-state index contributed by atoms with van der Waals surface area (Å²) in [5, 5.41) is 0. The predicted molar refractivity (Wildman–Crippen MR) is 51.8 cm³/mol. The predicted octanol–water partition coefficient (Wildman–Crippen LogP) is -0.794. The lowest BCUT2D eigenvalue weighted by molar-refractivity contribution is -0.131. The number of hydrogen-bond acceptors (Lipinski definition) is 4. The van der Waals surface area contributed by atoms with Gasteiger partial charge in [0.25, 0.3) is 0 Å². The molecule has 1 aliphatic heterocycles. The molecule has 0 bridgehead atoms. The zero-order chi connectivity index (χ0) is 10.7. The zero-order valence-corrected chi connectivity index (χ0v) is 8.90. The average molecular weight is 202 g/mol. The molecule has 1 amide bonds. The van der Waals surface area contributed by atoms with Gasteiger partial charge in [0, 0.05) is 27.3 Å². The number of carbonyl (C=O) groups excluding carboxylic acids is 1. The fraction of sp³-hybridized carbons (Fsp3) is 0.889. The number of rotatable bonds is 3. The van der Waals surface area contributed by atoms with Crippen LogP contribution in [-0.4, -0.2) is 56.4 Å². The fourth-order valence-electron chi connectivity index (χ4n) is 1.66. The molecule has 1 saturated heterocycles. The lowest BCUT2D eigenvalue weighted by Crippen LogP contribution is -2.41. The molecule has 3 atom stereocenters. The van der Waals surface area contributed by atoms with Gasteiger partial charge in [0.2, 0.25) is 5.91 Å². The molecule has 82 valence electrons. The van der Waals surface area contributed by atoms with Gasteiger partial charge in [-0.25, -0.2) is 0 Å². The van der Waals surface area contributed by atoms with Crippen molar-refractivity contribution in [1.82, 2.24) is 4.90 Å². The van der Waals surface area contributed by atoms with Gasteiger partial charge in [-0.2, -0.15) is 0 Å². The Morgan fingerprint density at radius 1 is 1.36 bits per heavy atom. The number of hydrogen-bond donors (Lipinski definition) is 1. The molecule has 0 aliphatic carbocycles. The lowest BCUT2D eigenvalue weighted by atomic mass is 10.3. The maximum absolute atomic E-state index is 11.6. The minimum absolute atomic E-state index is 0.0392. The van der Waals surface area contributed by atoms with Gasteiger partial charge in [0.15, 0.2) is 0 Å². The van der Waals surface area contributed by atoms with Gasteiger partial charge < -0.3 is 20.1 Å². The van der Waals surface area contributed by atoms with E-state index < -0.39 is 6.04 Å². The van der Waals surface area contributed by atoms with Gasteiger partial charge in [0.1, 0.15) is 12.2 Å². The third-order valence-electron chi connectivity index (χ3n) is 2.52.